The van der Waals surface area contributed by atoms with Gasteiger partial charge in [-0.25, -0.2) is 4.39 Å². The van der Waals surface area contributed by atoms with Crippen molar-refractivity contribution in [2.24, 2.45) is 0 Å². The minimum absolute atomic E-state index is 0.00378. The van der Waals surface area contributed by atoms with E-state index in [0.717, 1.165) is 12.8 Å². The first kappa shape index (κ1) is 16.2. The van der Waals surface area contributed by atoms with Crippen molar-refractivity contribution in [1.82, 2.24) is 5.32 Å². The SMILES string of the molecule is CC(NC(=O)CC1CCCO1)C(O)c1c(F)cccc1Cl. The number of carbonyl (C=O) groups excluding carboxylic acids is 1. The standard InChI is InChI=1S/C15H19ClFNO3/c1-9(18-13(19)8-10-4-3-7-21-10)15(20)14-11(16)5-2-6-12(14)17/h2,5-6,9-10,15,20H,3-4,7-8H2,1H3,(H,18,19). The second-order valence-electron chi connectivity index (χ2n) is 5.28. The molecule has 1 aromatic rings. The maximum Gasteiger partial charge on any atom is 0.222 e. The zero-order chi connectivity index (χ0) is 15.4. The average Bonchev–Trinajstić information content (AvgIpc) is 2.90. The summed E-state index contributed by atoms with van der Waals surface area (Å²) in [5.41, 5.74) is 0.00378. The Hall–Kier alpha value is -1.17. The first-order valence-corrected chi connectivity index (χ1v) is 7.39. The number of aliphatic hydroxyl groups excluding tert-OH is 1. The Morgan fingerprint density at radius 1 is 1.62 bits per heavy atom. The number of amides is 1. The van der Waals surface area contributed by atoms with Crippen molar-refractivity contribution < 1.29 is 19.0 Å². The number of hydrogen-bond donors (Lipinski definition) is 2. The van der Waals surface area contributed by atoms with Crippen LogP contribution in [-0.2, 0) is 9.53 Å². The summed E-state index contributed by atoms with van der Waals surface area (Å²) < 4.78 is 19.1. The first-order valence-electron chi connectivity index (χ1n) is 7.02. The van der Waals surface area contributed by atoms with Crippen molar-refractivity contribution in [3.8, 4) is 0 Å². The van der Waals surface area contributed by atoms with Crippen LogP contribution in [0, 0.1) is 5.82 Å². The van der Waals surface area contributed by atoms with Crippen molar-refractivity contribution in [3.63, 3.8) is 0 Å². The topological polar surface area (TPSA) is 58.6 Å². The van der Waals surface area contributed by atoms with E-state index >= 15 is 0 Å². The van der Waals surface area contributed by atoms with Crippen molar-refractivity contribution >= 4 is 17.5 Å². The Labute approximate surface area is 128 Å². The third-order valence-corrected chi connectivity index (χ3v) is 3.92. The Balaban J connectivity index is 1.95. The molecule has 116 valence electrons. The number of benzene rings is 1. The van der Waals surface area contributed by atoms with Crippen LogP contribution in [0.5, 0.6) is 0 Å². The lowest BCUT2D eigenvalue weighted by Crippen LogP contribution is -2.38. The van der Waals surface area contributed by atoms with Gasteiger partial charge in [0.2, 0.25) is 5.91 Å². The van der Waals surface area contributed by atoms with Crippen LogP contribution in [0.15, 0.2) is 18.2 Å². The van der Waals surface area contributed by atoms with Gasteiger partial charge in [-0.05, 0) is 31.9 Å². The van der Waals surface area contributed by atoms with Gasteiger partial charge in [-0.3, -0.25) is 4.79 Å². The number of carbonyl (C=O) groups is 1. The Bertz CT molecular complexity index is 485. The molecule has 1 fully saturated rings. The third kappa shape index (κ3) is 4.15. The highest BCUT2D eigenvalue weighted by atomic mass is 35.5. The first-order chi connectivity index (χ1) is 9.99. The molecule has 4 nitrogen and oxygen atoms in total. The van der Waals surface area contributed by atoms with E-state index in [4.69, 9.17) is 16.3 Å². The van der Waals surface area contributed by atoms with Gasteiger partial charge >= 0.3 is 0 Å². The smallest absolute Gasteiger partial charge is 0.222 e. The lowest BCUT2D eigenvalue weighted by atomic mass is 10.0. The zero-order valence-corrected chi connectivity index (χ0v) is 12.6. The maximum absolute atomic E-state index is 13.7. The highest BCUT2D eigenvalue weighted by Gasteiger charge is 2.25. The van der Waals surface area contributed by atoms with Crippen molar-refractivity contribution in [1.29, 1.82) is 0 Å². The molecule has 0 aromatic heterocycles. The molecular formula is C15H19ClFNO3. The molecule has 0 saturated carbocycles. The fourth-order valence-corrected chi connectivity index (χ4v) is 2.72. The maximum atomic E-state index is 13.7. The van der Waals surface area contributed by atoms with E-state index < -0.39 is 18.0 Å². The number of aliphatic hydroxyl groups is 1. The van der Waals surface area contributed by atoms with E-state index in [1.165, 1.54) is 18.2 Å². The molecule has 0 aliphatic carbocycles. The number of ether oxygens (including phenoxy) is 1. The molecule has 21 heavy (non-hydrogen) atoms. The molecule has 3 atom stereocenters. The van der Waals surface area contributed by atoms with Gasteiger partial charge in [0.15, 0.2) is 0 Å². The van der Waals surface area contributed by atoms with Crippen LogP contribution in [0.25, 0.3) is 0 Å². The summed E-state index contributed by atoms with van der Waals surface area (Å²) in [7, 11) is 0. The summed E-state index contributed by atoms with van der Waals surface area (Å²) in [6, 6.07) is 3.55. The zero-order valence-electron chi connectivity index (χ0n) is 11.8. The van der Waals surface area contributed by atoms with Crippen LogP contribution >= 0.6 is 11.6 Å². The van der Waals surface area contributed by atoms with Crippen LogP contribution in [0.2, 0.25) is 5.02 Å². The monoisotopic (exact) mass is 315 g/mol. The molecule has 1 aliphatic heterocycles. The van der Waals surface area contributed by atoms with Crippen molar-refractivity contribution in [3.05, 3.63) is 34.6 Å². The summed E-state index contributed by atoms with van der Waals surface area (Å²) in [6.07, 6.45) is 0.811. The predicted molar refractivity (Wildman–Crippen MR) is 77.6 cm³/mol. The minimum atomic E-state index is -1.20. The van der Waals surface area contributed by atoms with E-state index in [0.29, 0.717) is 6.61 Å². The van der Waals surface area contributed by atoms with E-state index in [9.17, 15) is 14.3 Å². The molecule has 1 aromatic carbocycles. The number of halogens is 2. The van der Waals surface area contributed by atoms with Crippen LogP contribution in [0.1, 0.15) is 37.9 Å². The van der Waals surface area contributed by atoms with Gasteiger partial charge in [-0.1, -0.05) is 17.7 Å². The number of nitrogens with one attached hydrogen (secondary N) is 1. The quantitative estimate of drug-likeness (QED) is 0.878. The van der Waals surface area contributed by atoms with Crippen LogP contribution in [0.4, 0.5) is 4.39 Å². The Kier molecular flexibility index (Phi) is 5.56. The highest BCUT2D eigenvalue weighted by Crippen LogP contribution is 2.28. The molecule has 0 radical (unpaired) electrons. The van der Waals surface area contributed by atoms with Crippen LogP contribution < -0.4 is 5.32 Å². The van der Waals surface area contributed by atoms with Gasteiger partial charge in [-0.15, -0.1) is 0 Å². The van der Waals surface area contributed by atoms with E-state index in [2.05, 4.69) is 5.32 Å². The molecule has 1 saturated heterocycles. The average molecular weight is 316 g/mol. The fourth-order valence-electron chi connectivity index (χ4n) is 2.45. The van der Waals surface area contributed by atoms with Gasteiger partial charge in [0.1, 0.15) is 11.9 Å². The summed E-state index contributed by atoms with van der Waals surface area (Å²) >= 11 is 5.91. The lowest BCUT2D eigenvalue weighted by Gasteiger charge is -2.22. The largest absolute Gasteiger partial charge is 0.386 e. The second-order valence-corrected chi connectivity index (χ2v) is 5.68. The van der Waals surface area contributed by atoms with Crippen molar-refractivity contribution in [2.45, 2.75) is 44.4 Å². The normalized spacial score (nSPS) is 21.0. The van der Waals surface area contributed by atoms with Gasteiger partial charge < -0.3 is 15.2 Å². The summed E-state index contributed by atoms with van der Waals surface area (Å²) in [4.78, 5) is 11.9. The molecule has 2 rings (SSSR count). The summed E-state index contributed by atoms with van der Waals surface area (Å²) in [6.45, 7) is 2.29. The lowest BCUT2D eigenvalue weighted by molar-refractivity contribution is -0.124. The van der Waals surface area contributed by atoms with Crippen molar-refractivity contribution in [2.75, 3.05) is 6.61 Å². The van der Waals surface area contributed by atoms with E-state index in [1.54, 1.807) is 6.92 Å². The second kappa shape index (κ2) is 7.20. The van der Waals surface area contributed by atoms with Gasteiger partial charge in [-0.2, -0.15) is 0 Å². The molecule has 2 N–H and O–H groups in total. The molecule has 6 heteroatoms. The van der Waals surface area contributed by atoms with E-state index in [1.807, 2.05) is 0 Å². The fraction of sp³-hybridized carbons (Fsp3) is 0.533. The number of hydrogen-bond acceptors (Lipinski definition) is 3. The van der Waals surface area contributed by atoms with Crippen LogP contribution in [-0.4, -0.2) is 29.8 Å². The molecule has 1 amide bonds. The third-order valence-electron chi connectivity index (χ3n) is 3.59. The Morgan fingerprint density at radius 2 is 2.38 bits per heavy atom. The molecule has 0 bridgehead atoms. The molecule has 3 unspecified atom stereocenters. The van der Waals surface area contributed by atoms with E-state index in [-0.39, 0.29) is 29.0 Å². The Morgan fingerprint density at radius 3 is 3.00 bits per heavy atom. The molecule has 0 spiro atoms. The summed E-state index contributed by atoms with van der Waals surface area (Å²) in [5, 5.41) is 13.0. The number of rotatable bonds is 5. The predicted octanol–water partition coefficient (Wildman–Crippen LogP) is 2.59. The minimum Gasteiger partial charge on any atom is -0.386 e. The van der Waals surface area contributed by atoms with Gasteiger partial charge in [0, 0.05) is 17.2 Å². The van der Waals surface area contributed by atoms with Crippen LogP contribution in [0.3, 0.4) is 0 Å². The summed E-state index contributed by atoms with van der Waals surface area (Å²) in [5.74, 6) is -0.809. The van der Waals surface area contributed by atoms with Gasteiger partial charge in [0.25, 0.3) is 0 Å². The van der Waals surface area contributed by atoms with Gasteiger partial charge in [0.05, 0.1) is 18.6 Å². The molecule has 1 aliphatic rings. The molecule has 1 heterocycles. The highest BCUT2D eigenvalue weighted by molar-refractivity contribution is 6.31. The molecular weight excluding hydrogens is 297 g/mol.